The van der Waals surface area contributed by atoms with E-state index in [2.05, 4.69) is 10.4 Å². The van der Waals surface area contributed by atoms with E-state index in [0.717, 1.165) is 10.6 Å². The van der Waals surface area contributed by atoms with Gasteiger partial charge in [0.15, 0.2) is 5.78 Å². The zero-order valence-electron chi connectivity index (χ0n) is 12.3. The Morgan fingerprint density at radius 2 is 2.17 bits per heavy atom. The third-order valence-electron chi connectivity index (χ3n) is 4.04. The summed E-state index contributed by atoms with van der Waals surface area (Å²) in [6.45, 7) is 0.372. The number of tetrazole rings is 1. The van der Waals surface area contributed by atoms with Crippen LogP contribution in [0.4, 0.5) is 0 Å². The van der Waals surface area contributed by atoms with Crippen LogP contribution in [0.15, 0.2) is 29.2 Å². The number of rotatable bonds is 3. The third kappa shape index (κ3) is 2.44. The van der Waals surface area contributed by atoms with E-state index in [9.17, 15) is 4.79 Å². The summed E-state index contributed by atoms with van der Waals surface area (Å²) < 4.78 is 14.6. The second kappa shape index (κ2) is 5.82. The molecular weight excluding hydrogens is 336 g/mol. The summed E-state index contributed by atoms with van der Waals surface area (Å²) in [6, 6.07) is 7.57. The molecule has 2 aromatic rings. The predicted octanol–water partition coefficient (Wildman–Crippen LogP) is 1.78. The number of fused-ring (bicyclic) bond motifs is 2. The second-order valence-electron chi connectivity index (χ2n) is 5.37. The summed E-state index contributed by atoms with van der Waals surface area (Å²) >= 11 is 7.15. The Bertz CT molecular complexity index is 818. The summed E-state index contributed by atoms with van der Waals surface area (Å²) in [7, 11) is 0. The summed E-state index contributed by atoms with van der Waals surface area (Å²) in [5, 5.41) is 8.35. The molecule has 0 amide bonds. The van der Waals surface area contributed by atoms with Crippen molar-refractivity contribution in [3.8, 4) is 5.69 Å². The van der Waals surface area contributed by atoms with E-state index >= 15 is 0 Å². The highest BCUT2D eigenvalue weighted by Crippen LogP contribution is 2.33. The maximum atomic E-state index is 12.0. The molecule has 0 spiro atoms. The minimum Gasteiger partial charge on any atom is -0.343 e. The first-order valence-electron chi connectivity index (χ1n) is 7.16. The molecule has 23 heavy (non-hydrogen) atoms. The van der Waals surface area contributed by atoms with Gasteiger partial charge in [-0.1, -0.05) is 12.1 Å². The number of ether oxygens (including phenoxy) is 2. The van der Waals surface area contributed by atoms with Crippen molar-refractivity contribution in [3.63, 3.8) is 0 Å². The highest BCUT2D eigenvalue weighted by Gasteiger charge is 2.45. The number of aromatic nitrogens is 4. The van der Waals surface area contributed by atoms with E-state index in [4.69, 9.17) is 21.7 Å². The molecule has 2 aliphatic heterocycles. The monoisotopic (exact) mass is 350 g/mol. The maximum Gasteiger partial charge on any atom is 0.221 e. The summed E-state index contributed by atoms with van der Waals surface area (Å²) in [6.07, 6.45) is 1.35. The Kier molecular flexibility index (Phi) is 3.80. The van der Waals surface area contributed by atoms with E-state index in [1.54, 1.807) is 21.1 Å². The van der Waals surface area contributed by atoms with Crippen molar-refractivity contribution in [1.29, 1.82) is 0 Å². The van der Waals surface area contributed by atoms with E-state index in [1.807, 2.05) is 30.5 Å². The molecule has 3 heterocycles. The van der Waals surface area contributed by atoms with Crippen LogP contribution >= 0.6 is 24.0 Å². The average molecular weight is 350 g/mol. The van der Waals surface area contributed by atoms with Crippen molar-refractivity contribution in [2.75, 3.05) is 12.9 Å². The molecule has 2 aliphatic rings. The second-order valence-corrected chi connectivity index (χ2v) is 6.58. The van der Waals surface area contributed by atoms with Gasteiger partial charge in [0.1, 0.15) is 6.10 Å². The van der Waals surface area contributed by atoms with Crippen LogP contribution in [0.1, 0.15) is 12.5 Å². The number of thioether (sulfide) groups is 1. The molecular formula is C14H14N4O3S2. The van der Waals surface area contributed by atoms with Crippen molar-refractivity contribution in [1.82, 2.24) is 19.8 Å². The molecule has 2 bridgehead atoms. The molecule has 4 rings (SSSR count). The largest absolute Gasteiger partial charge is 0.343 e. The van der Waals surface area contributed by atoms with Crippen LogP contribution < -0.4 is 0 Å². The van der Waals surface area contributed by atoms with Gasteiger partial charge in [-0.25, -0.2) is 4.68 Å². The molecule has 0 unspecified atom stereocenters. The minimum absolute atomic E-state index is 0.0790. The molecule has 7 nitrogen and oxygen atoms in total. The van der Waals surface area contributed by atoms with Crippen LogP contribution in [0.3, 0.4) is 0 Å². The highest BCUT2D eigenvalue weighted by molar-refractivity contribution is 7.98. The van der Waals surface area contributed by atoms with E-state index in [0.29, 0.717) is 17.8 Å². The molecule has 0 N–H and O–H groups in total. The van der Waals surface area contributed by atoms with Crippen LogP contribution in [0.2, 0.25) is 0 Å². The SMILES string of the molecule is CSc1ccccc1-n1nnn([C@H]2CC(=O)[C@@H]3OC[C@H]2O3)c1=S. The van der Waals surface area contributed by atoms with Crippen molar-refractivity contribution in [3.05, 3.63) is 29.0 Å². The third-order valence-corrected chi connectivity index (χ3v) is 5.19. The summed E-state index contributed by atoms with van der Waals surface area (Å²) in [5.41, 5.74) is 0.875. The molecule has 1 aromatic carbocycles. The smallest absolute Gasteiger partial charge is 0.221 e. The fraction of sp³-hybridized carbons (Fsp3) is 0.429. The average Bonchev–Trinajstić information content (AvgIpc) is 3.16. The zero-order chi connectivity index (χ0) is 16.0. The zero-order valence-corrected chi connectivity index (χ0v) is 13.9. The van der Waals surface area contributed by atoms with Crippen LogP contribution in [-0.2, 0) is 14.3 Å². The lowest BCUT2D eigenvalue weighted by atomic mass is 10.0. The molecule has 0 saturated carbocycles. The van der Waals surface area contributed by atoms with Crippen molar-refractivity contribution >= 4 is 29.8 Å². The van der Waals surface area contributed by atoms with Crippen molar-refractivity contribution in [2.24, 2.45) is 0 Å². The van der Waals surface area contributed by atoms with Crippen LogP contribution in [0.25, 0.3) is 5.69 Å². The molecule has 0 radical (unpaired) electrons. The Morgan fingerprint density at radius 1 is 1.35 bits per heavy atom. The number of para-hydroxylation sites is 1. The van der Waals surface area contributed by atoms with Gasteiger partial charge in [0.25, 0.3) is 0 Å². The first-order chi connectivity index (χ1) is 11.2. The molecule has 2 saturated heterocycles. The number of carbonyl (C=O) groups excluding carboxylic acids is 1. The van der Waals surface area contributed by atoms with Gasteiger partial charge in [0, 0.05) is 11.3 Å². The van der Waals surface area contributed by atoms with Gasteiger partial charge in [0.2, 0.25) is 11.1 Å². The van der Waals surface area contributed by atoms with Gasteiger partial charge in [-0.3, -0.25) is 4.79 Å². The lowest BCUT2D eigenvalue weighted by molar-refractivity contribution is -0.156. The van der Waals surface area contributed by atoms with Crippen molar-refractivity contribution < 1.29 is 14.3 Å². The normalized spacial score (nSPS) is 26.7. The molecule has 3 atom stereocenters. The number of ketones is 1. The van der Waals surface area contributed by atoms with Crippen molar-refractivity contribution in [2.45, 2.75) is 29.8 Å². The molecule has 9 heteroatoms. The van der Waals surface area contributed by atoms with Gasteiger partial charge in [-0.2, -0.15) is 4.68 Å². The maximum absolute atomic E-state index is 12.0. The van der Waals surface area contributed by atoms with Gasteiger partial charge < -0.3 is 9.47 Å². The Morgan fingerprint density at radius 3 is 3.00 bits per heavy atom. The Balaban J connectivity index is 1.74. The van der Waals surface area contributed by atoms with Gasteiger partial charge >= 0.3 is 0 Å². The minimum atomic E-state index is -0.724. The lowest BCUT2D eigenvalue weighted by Gasteiger charge is -2.25. The van der Waals surface area contributed by atoms with E-state index < -0.39 is 6.29 Å². The Labute approximate surface area is 141 Å². The van der Waals surface area contributed by atoms with E-state index in [1.165, 1.54) is 0 Å². The molecule has 2 fully saturated rings. The number of nitrogens with zero attached hydrogens (tertiary/aromatic N) is 4. The predicted molar refractivity (Wildman–Crippen MR) is 85.2 cm³/mol. The van der Waals surface area contributed by atoms with Gasteiger partial charge in [-0.05, 0) is 41.0 Å². The lowest BCUT2D eigenvalue weighted by Crippen LogP contribution is -2.37. The van der Waals surface area contributed by atoms with Crippen LogP contribution in [0, 0.1) is 4.77 Å². The van der Waals surface area contributed by atoms with Gasteiger partial charge in [-0.15, -0.1) is 11.8 Å². The van der Waals surface area contributed by atoms with E-state index in [-0.39, 0.29) is 17.9 Å². The highest BCUT2D eigenvalue weighted by atomic mass is 32.2. The number of benzene rings is 1. The topological polar surface area (TPSA) is 71.2 Å². The molecule has 0 aliphatic carbocycles. The number of carbonyl (C=O) groups is 1. The summed E-state index contributed by atoms with van der Waals surface area (Å²) in [5.74, 6) is -0.0790. The standard InChI is InChI=1S/C14H14N4O3S2/c1-23-12-5-3-2-4-8(12)17-14(22)18(16-15-17)9-6-10(19)13-20-7-11(9)21-13/h2-5,9,11,13H,6-7H2,1H3/t9-,11+,13+/m0/s1. The fourth-order valence-corrected chi connectivity index (χ4v) is 3.77. The quantitative estimate of drug-likeness (QED) is 0.617. The molecule has 120 valence electrons. The van der Waals surface area contributed by atoms with Crippen LogP contribution in [-0.4, -0.2) is 50.8 Å². The number of Topliss-reactive ketones (excluding diaryl/α,β-unsaturated/α-hetero) is 1. The Hall–Kier alpha value is -1.55. The summed E-state index contributed by atoms with van der Waals surface area (Å²) in [4.78, 5) is 13.0. The number of hydrogen-bond donors (Lipinski definition) is 0. The first-order valence-corrected chi connectivity index (χ1v) is 8.80. The fourth-order valence-electron chi connectivity index (χ4n) is 2.89. The molecule has 1 aromatic heterocycles. The number of hydrogen-bond acceptors (Lipinski definition) is 7. The first kappa shape index (κ1) is 15.0. The van der Waals surface area contributed by atoms with Crippen LogP contribution in [0.5, 0.6) is 0 Å². The van der Waals surface area contributed by atoms with Gasteiger partial charge in [0.05, 0.1) is 18.3 Å².